The number of nitrogens with zero attached hydrogens (tertiary/aromatic N) is 5. The van der Waals surface area contributed by atoms with Crippen molar-refractivity contribution in [3.8, 4) is 17.7 Å². The van der Waals surface area contributed by atoms with Crippen LogP contribution in [0.1, 0.15) is 24.1 Å². The van der Waals surface area contributed by atoms with Gasteiger partial charge in [-0.3, -0.25) is 14.9 Å². The average molecular weight is 353 g/mol. The van der Waals surface area contributed by atoms with Crippen molar-refractivity contribution in [2.75, 3.05) is 20.7 Å². The lowest BCUT2D eigenvalue weighted by molar-refractivity contribution is 0.135. The van der Waals surface area contributed by atoms with Crippen molar-refractivity contribution >= 4 is 0 Å². The molecule has 0 N–H and O–H groups in total. The van der Waals surface area contributed by atoms with Crippen LogP contribution in [0.5, 0.6) is 11.6 Å². The van der Waals surface area contributed by atoms with E-state index in [1.165, 1.54) is 7.11 Å². The molecule has 0 saturated carbocycles. The van der Waals surface area contributed by atoms with Crippen LogP contribution in [0.4, 0.5) is 0 Å². The van der Waals surface area contributed by atoms with Crippen LogP contribution >= 0.6 is 0 Å². The van der Waals surface area contributed by atoms with Gasteiger partial charge in [0.05, 0.1) is 12.8 Å². The van der Waals surface area contributed by atoms with Gasteiger partial charge in [-0.05, 0) is 19.9 Å². The topological polar surface area (TPSA) is 84.2 Å². The summed E-state index contributed by atoms with van der Waals surface area (Å²) in [6.45, 7) is 5.10. The number of rotatable bonds is 10. The molecule has 0 aliphatic carbocycles. The molecule has 26 heavy (non-hydrogen) atoms. The van der Waals surface area contributed by atoms with Gasteiger partial charge in [-0.25, -0.2) is 4.98 Å². The van der Waals surface area contributed by atoms with Gasteiger partial charge in [0.1, 0.15) is 17.9 Å². The second kappa shape index (κ2) is 10.1. The Kier molecular flexibility index (Phi) is 7.52. The van der Waals surface area contributed by atoms with Gasteiger partial charge < -0.3 is 9.47 Å². The molecule has 0 amide bonds. The highest BCUT2D eigenvalue weighted by atomic mass is 16.5. The van der Waals surface area contributed by atoms with E-state index >= 15 is 0 Å². The molecule has 0 unspecified atom stereocenters. The minimum atomic E-state index is -0.117. The zero-order valence-corrected chi connectivity index (χ0v) is 15.1. The molecular weight excluding hydrogens is 330 g/mol. The van der Waals surface area contributed by atoms with Crippen LogP contribution in [0.2, 0.25) is 0 Å². The number of allylic oxidation sites excluding steroid dienone is 1. The van der Waals surface area contributed by atoms with Gasteiger partial charge in [0.2, 0.25) is 5.88 Å². The molecule has 2 rings (SSSR count). The van der Waals surface area contributed by atoms with E-state index in [-0.39, 0.29) is 12.0 Å². The first-order valence-electron chi connectivity index (χ1n) is 8.32. The third kappa shape index (κ3) is 5.53. The summed E-state index contributed by atoms with van der Waals surface area (Å²) in [6, 6.07) is 3.79. The smallest absolute Gasteiger partial charge is 0.235 e. The van der Waals surface area contributed by atoms with Crippen molar-refractivity contribution < 1.29 is 9.47 Å². The number of nitriles is 1. The van der Waals surface area contributed by atoms with Crippen molar-refractivity contribution in [2.24, 2.45) is 0 Å². The first kappa shape index (κ1) is 19.3. The Bertz CT molecular complexity index is 745. The van der Waals surface area contributed by atoms with E-state index in [0.29, 0.717) is 24.4 Å². The lowest BCUT2D eigenvalue weighted by atomic mass is 10.1. The Balaban J connectivity index is 2.10. The SMILES string of the molecule is C=CCC[C@H](CN(C)Cc1cnccn1)Oc1ccnc(OC)c1C#N. The summed E-state index contributed by atoms with van der Waals surface area (Å²) in [6.07, 6.45) is 9.99. The number of pyridine rings is 1. The predicted molar refractivity (Wildman–Crippen MR) is 97.7 cm³/mol. The van der Waals surface area contributed by atoms with Gasteiger partial charge in [-0.15, -0.1) is 6.58 Å². The maximum atomic E-state index is 9.40. The van der Waals surface area contributed by atoms with Crippen LogP contribution in [0, 0.1) is 11.3 Å². The summed E-state index contributed by atoms with van der Waals surface area (Å²) < 4.78 is 11.3. The standard InChI is InChI=1S/C19H23N5O2/c1-4-5-6-16(14-24(2)13-15-12-21-9-10-22-15)26-18-7-8-23-19(25-3)17(18)11-20/h4,7-10,12,16H,1,5-6,13-14H2,2-3H3/t16-/m1/s1. The Morgan fingerprint density at radius 2 is 2.19 bits per heavy atom. The van der Waals surface area contributed by atoms with Gasteiger partial charge in [0.15, 0.2) is 5.56 Å². The summed E-state index contributed by atoms with van der Waals surface area (Å²) >= 11 is 0. The fraction of sp³-hybridized carbons (Fsp3) is 0.368. The van der Waals surface area contributed by atoms with Crippen LogP contribution in [0.15, 0.2) is 43.5 Å². The predicted octanol–water partition coefficient (Wildman–Crippen LogP) is 2.60. The summed E-state index contributed by atoms with van der Waals surface area (Å²) in [5.41, 5.74) is 1.19. The fourth-order valence-electron chi connectivity index (χ4n) is 2.55. The molecule has 7 nitrogen and oxygen atoms in total. The third-order valence-corrected chi connectivity index (χ3v) is 3.73. The highest BCUT2D eigenvalue weighted by molar-refractivity contribution is 5.49. The zero-order valence-electron chi connectivity index (χ0n) is 15.1. The number of methoxy groups -OCH3 is 1. The molecule has 136 valence electrons. The van der Waals surface area contributed by atoms with E-state index in [1.54, 1.807) is 30.9 Å². The molecule has 2 heterocycles. The Morgan fingerprint density at radius 1 is 1.35 bits per heavy atom. The lowest BCUT2D eigenvalue weighted by Gasteiger charge is -2.25. The van der Waals surface area contributed by atoms with E-state index < -0.39 is 0 Å². The largest absolute Gasteiger partial charge is 0.487 e. The maximum absolute atomic E-state index is 9.40. The molecule has 7 heteroatoms. The number of hydrogen-bond acceptors (Lipinski definition) is 7. The maximum Gasteiger partial charge on any atom is 0.235 e. The Morgan fingerprint density at radius 3 is 2.85 bits per heavy atom. The van der Waals surface area contributed by atoms with Crippen LogP contribution in [-0.2, 0) is 6.54 Å². The normalized spacial score (nSPS) is 11.6. The number of ether oxygens (including phenoxy) is 2. The van der Waals surface area contributed by atoms with Gasteiger partial charge in [0.25, 0.3) is 0 Å². The molecule has 0 aliphatic heterocycles. The third-order valence-electron chi connectivity index (χ3n) is 3.73. The fourth-order valence-corrected chi connectivity index (χ4v) is 2.55. The summed E-state index contributed by atoms with van der Waals surface area (Å²) in [5, 5.41) is 9.40. The molecule has 0 aromatic carbocycles. The number of likely N-dealkylation sites (N-methyl/N-ethyl adjacent to an activating group) is 1. The van der Waals surface area contributed by atoms with E-state index in [0.717, 1.165) is 18.5 Å². The first-order chi connectivity index (χ1) is 12.7. The van der Waals surface area contributed by atoms with Crippen LogP contribution in [0.25, 0.3) is 0 Å². The van der Waals surface area contributed by atoms with Crippen molar-refractivity contribution in [3.05, 3.63) is 54.8 Å². The molecular formula is C19H23N5O2. The van der Waals surface area contributed by atoms with Crippen LogP contribution < -0.4 is 9.47 Å². The van der Waals surface area contributed by atoms with Gasteiger partial charge >= 0.3 is 0 Å². The molecule has 0 bridgehead atoms. The molecule has 0 saturated heterocycles. The van der Waals surface area contributed by atoms with Crippen molar-refractivity contribution in [2.45, 2.75) is 25.5 Å². The quantitative estimate of drug-likeness (QED) is 0.607. The molecule has 0 aliphatic rings. The summed E-state index contributed by atoms with van der Waals surface area (Å²) in [4.78, 5) is 14.5. The highest BCUT2D eigenvalue weighted by Crippen LogP contribution is 2.26. The number of aromatic nitrogens is 3. The number of hydrogen-bond donors (Lipinski definition) is 0. The average Bonchev–Trinajstić information content (AvgIpc) is 2.66. The summed E-state index contributed by atoms with van der Waals surface area (Å²) in [5.74, 6) is 0.738. The van der Waals surface area contributed by atoms with E-state index in [1.807, 2.05) is 13.1 Å². The molecule has 2 aromatic heterocycles. The van der Waals surface area contributed by atoms with Crippen LogP contribution in [0.3, 0.4) is 0 Å². The molecule has 1 atom stereocenters. The van der Waals surface area contributed by atoms with E-state index in [4.69, 9.17) is 9.47 Å². The van der Waals surface area contributed by atoms with Crippen LogP contribution in [-0.4, -0.2) is 46.7 Å². The summed E-state index contributed by atoms with van der Waals surface area (Å²) in [7, 11) is 3.48. The van der Waals surface area contributed by atoms with Crippen molar-refractivity contribution in [3.63, 3.8) is 0 Å². The first-order valence-corrected chi connectivity index (χ1v) is 8.32. The Labute approximate surface area is 153 Å². The Hall–Kier alpha value is -2.98. The van der Waals surface area contributed by atoms with E-state index in [9.17, 15) is 5.26 Å². The van der Waals surface area contributed by atoms with Gasteiger partial charge in [-0.1, -0.05) is 6.08 Å². The lowest BCUT2D eigenvalue weighted by Crippen LogP contribution is -2.33. The van der Waals surface area contributed by atoms with Gasteiger partial charge in [0, 0.05) is 43.9 Å². The zero-order chi connectivity index (χ0) is 18.8. The second-order valence-electron chi connectivity index (χ2n) is 5.80. The monoisotopic (exact) mass is 353 g/mol. The minimum Gasteiger partial charge on any atom is -0.487 e. The van der Waals surface area contributed by atoms with Crippen molar-refractivity contribution in [1.29, 1.82) is 5.26 Å². The van der Waals surface area contributed by atoms with Crippen molar-refractivity contribution in [1.82, 2.24) is 19.9 Å². The minimum absolute atomic E-state index is 0.117. The molecule has 0 spiro atoms. The molecule has 0 radical (unpaired) electrons. The highest BCUT2D eigenvalue weighted by Gasteiger charge is 2.18. The van der Waals surface area contributed by atoms with Gasteiger partial charge in [-0.2, -0.15) is 5.26 Å². The molecule has 0 fully saturated rings. The van der Waals surface area contributed by atoms with E-state index in [2.05, 4.69) is 32.5 Å². The second-order valence-corrected chi connectivity index (χ2v) is 5.80. The molecule has 2 aromatic rings.